The normalized spacial score (nSPS) is 11.7. The van der Waals surface area contributed by atoms with E-state index in [4.69, 9.17) is 10.3 Å². The van der Waals surface area contributed by atoms with Crippen molar-refractivity contribution in [1.29, 1.82) is 0 Å². The Morgan fingerprint density at radius 3 is 2.54 bits per heavy atom. The van der Waals surface area contributed by atoms with Crippen molar-refractivity contribution in [3.63, 3.8) is 0 Å². The summed E-state index contributed by atoms with van der Waals surface area (Å²) in [6.07, 6.45) is 2.24. The molecule has 0 aliphatic carbocycles. The highest BCUT2D eigenvalue weighted by atomic mass is 32.2. The largest absolute Gasteiger partial charge is 0.481 e. The number of aliphatic carboxylic acids is 1. The summed E-state index contributed by atoms with van der Waals surface area (Å²) in [5.41, 5.74) is 2.39. The van der Waals surface area contributed by atoms with Gasteiger partial charge in [-0.1, -0.05) is 18.6 Å². The molecular formula is C16H21NO6S. The number of thioether (sulfide) groups is 1. The SMILES string of the molecule is O=C(CSCCCCC(Cc1cccc(C(=O)O)c1)C(=O)O)NO. The Bertz CT molecular complexity index is 577. The number of benzene rings is 1. The zero-order valence-electron chi connectivity index (χ0n) is 13.1. The van der Waals surface area contributed by atoms with Gasteiger partial charge in [0.1, 0.15) is 0 Å². The second-order valence-electron chi connectivity index (χ2n) is 5.33. The van der Waals surface area contributed by atoms with Crippen LogP contribution in [0.15, 0.2) is 24.3 Å². The van der Waals surface area contributed by atoms with Crippen LogP contribution in [0.4, 0.5) is 0 Å². The van der Waals surface area contributed by atoms with Crippen molar-refractivity contribution < 1.29 is 29.8 Å². The molecule has 1 amide bonds. The highest BCUT2D eigenvalue weighted by Crippen LogP contribution is 2.18. The summed E-state index contributed by atoms with van der Waals surface area (Å²) >= 11 is 1.37. The number of aromatic carboxylic acids is 1. The fourth-order valence-electron chi connectivity index (χ4n) is 2.22. The molecule has 0 aliphatic rings. The smallest absolute Gasteiger partial charge is 0.335 e. The van der Waals surface area contributed by atoms with Crippen LogP contribution < -0.4 is 5.48 Å². The summed E-state index contributed by atoms with van der Waals surface area (Å²) < 4.78 is 0. The highest BCUT2D eigenvalue weighted by Gasteiger charge is 2.18. The first-order valence-electron chi connectivity index (χ1n) is 7.49. The molecule has 4 N–H and O–H groups in total. The van der Waals surface area contributed by atoms with Gasteiger partial charge >= 0.3 is 11.9 Å². The maximum absolute atomic E-state index is 11.4. The molecule has 0 heterocycles. The van der Waals surface area contributed by atoms with Crippen molar-refractivity contribution in [2.45, 2.75) is 25.7 Å². The highest BCUT2D eigenvalue weighted by molar-refractivity contribution is 7.99. The Kier molecular flexibility index (Phi) is 8.88. The van der Waals surface area contributed by atoms with Crippen molar-refractivity contribution in [1.82, 2.24) is 5.48 Å². The zero-order chi connectivity index (χ0) is 17.9. The van der Waals surface area contributed by atoms with E-state index in [1.54, 1.807) is 17.6 Å². The second kappa shape index (κ2) is 10.7. The Balaban J connectivity index is 2.42. The van der Waals surface area contributed by atoms with Crippen LogP contribution in [0.5, 0.6) is 0 Å². The van der Waals surface area contributed by atoms with Crippen LogP contribution in [-0.2, 0) is 16.0 Å². The fourth-order valence-corrected chi connectivity index (χ4v) is 3.02. The first-order valence-corrected chi connectivity index (χ1v) is 8.65. The predicted molar refractivity (Wildman–Crippen MR) is 89.3 cm³/mol. The van der Waals surface area contributed by atoms with Gasteiger partial charge in [0, 0.05) is 0 Å². The summed E-state index contributed by atoms with van der Waals surface area (Å²) in [6, 6.07) is 6.31. The maximum Gasteiger partial charge on any atom is 0.335 e. The molecular weight excluding hydrogens is 334 g/mol. The van der Waals surface area contributed by atoms with Crippen LogP contribution in [0.25, 0.3) is 0 Å². The molecule has 0 saturated heterocycles. The van der Waals surface area contributed by atoms with E-state index in [9.17, 15) is 19.5 Å². The summed E-state index contributed by atoms with van der Waals surface area (Å²) in [4.78, 5) is 33.1. The number of unbranched alkanes of at least 4 members (excludes halogenated alkanes) is 1. The van der Waals surface area contributed by atoms with Gasteiger partial charge in [0.2, 0.25) is 0 Å². The van der Waals surface area contributed by atoms with Gasteiger partial charge in [0.05, 0.1) is 17.2 Å². The van der Waals surface area contributed by atoms with Gasteiger partial charge in [0.25, 0.3) is 5.91 Å². The molecule has 1 aromatic rings. The lowest BCUT2D eigenvalue weighted by molar-refractivity contribution is -0.142. The number of rotatable bonds is 11. The predicted octanol–water partition coefficient (Wildman–Crippen LogP) is 2.04. The lowest BCUT2D eigenvalue weighted by Crippen LogP contribution is -2.20. The fraction of sp³-hybridized carbons (Fsp3) is 0.438. The Morgan fingerprint density at radius 1 is 1.17 bits per heavy atom. The van der Waals surface area contributed by atoms with Gasteiger partial charge in [-0.2, -0.15) is 11.8 Å². The van der Waals surface area contributed by atoms with Gasteiger partial charge in [-0.3, -0.25) is 14.8 Å². The monoisotopic (exact) mass is 355 g/mol. The van der Waals surface area contributed by atoms with Crippen LogP contribution in [0, 0.1) is 5.92 Å². The quantitative estimate of drug-likeness (QED) is 0.272. The second-order valence-corrected chi connectivity index (χ2v) is 6.43. The van der Waals surface area contributed by atoms with Crippen molar-refractivity contribution >= 4 is 29.6 Å². The van der Waals surface area contributed by atoms with Crippen molar-refractivity contribution in [2.24, 2.45) is 5.92 Å². The molecule has 1 unspecified atom stereocenters. The third-order valence-corrected chi connectivity index (χ3v) is 4.50. The summed E-state index contributed by atoms with van der Waals surface area (Å²) in [7, 11) is 0. The van der Waals surface area contributed by atoms with Crippen molar-refractivity contribution in [3.8, 4) is 0 Å². The Labute approximate surface area is 144 Å². The lowest BCUT2D eigenvalue weighted by atomic mass is 9.93. The molecule has 0 radical (unpaired) electrons. The minimum Gasteiger partial charge on any atom is -0.481 e. The Morgan fingerprint density at radius 2 is 1.92 bits per heavy atom. The molecule has 24 heavy (non-hydrogen) atoms. The number of carbonyl (C=O) groups is 3. The molecule has 0 aromatic heterocycles. The van der Waals surface area contributed by atoms with E-state index in [2.05, 4.69) is 0 Å². The lowest BCUT2D eigenvalue weighted by Gasteiger charge is -2.12. The van der Waals surface area contributed by atoms with E-state index in [1.807, 2.05) is 0 Å². The number of hydrogen-bond acceptors (Lipinski definition) is 5. The molecule has 7 nitrogen and oxygen atoms in total. The molecule has 0 saturated carbocycles. The van der Waals surface area contributed by atoms with Crippen molar-refractivity contribution in [3.05, 3.63) is 35.4 Å². The van der Waals surface area contributed by atoms with Gasteiger partial charge in [-0.05, 0) is 42.7 Å². The number of carboxylic acids is 2. The molecule has 0 bridgehead atoms. The third kappa shape index (κ3) is 7.47. The van der Waals surface area contributed by atoms with Gasteiger partial charge in [-0.25, -0.2) is 10.3 Å². The minimum absolute atomic E-state index is 0.148. The maximum atomic E-state index is 11.4. The van der Waals surface area contributed by atoms with E-state index in [0.29, 0.717) is 24.2 Å². The number of carboxylic acid groups (broad SMARTS) is 2. The van der Waals surface area contributed by atoms with Gasteiger partial charge in [-0.15, -0.1) is 0 Å². The average molecular weight is 355 g/mol. The minimum atomic E-state index is -1.03. The molecule has 1 aromatic carbocycles. The van der Waals surface area contributed by atoms with Crippen LogP contribution in [-0.4, -0.2) is 44.8 Å². The van der Waals surface area contributed by atoms with E-state index in [-0.39, 0.29) is 17.7 Å². The third-order valence-electron chi connectivity index (χ3n) is 3.45. The number of hydrogen-bond donors (Lipinski definition) is 4. The van der Waals surface area contributed by atoms with Crippen LogP contribution in [0.3, 0.4) is 0 Å². The molecule has 1 rings (SSSR count). The van der Waals surface area contributed by atoms with E-state index in [0.717, 1.165) is 6.42 Å². The van der Waals surface area contributed by atoms with E-state index >= 15 is 0 Å². The Hall–Kier alpha value is -2.06. The van der Waals surface area contributed by atoms with Crippen LogP contribution >= 0.6 is 11.8 Å². The number of carbonyl (C=O) groups excluding carboxylic acids is 1. The van der Waals surface area contributed by atoms with Crippen molar-refractivity contribution in [2.75, 3.05) is 11.5 Å². The average Bonchev–Trinajstić information content (AvgIpc) is 2.56. The molecule has 0 aliphatic heterocycles. The van der Waals surface area contributed by atoms with Gasteiger partial charge < -0.3 is 10.2 Å². The molecule has 8 heteroatoms. The summed E-state index contributed by atoms with van der Waals surface area (Å²) in [6.45, 7) is 0. The molecule has 132 valence electrons. The standard InChI is InChI=1S/C16H21NO6S/c18-14(17-23)10-24-7-2-1-5-12(15(19)20)8-11-4-3-6-13(9-11)16(21)22/h3-4,6,9,12,23H,1-2,5,7-8,10H2,(H,17,18)(H,19,20)(H,21,22). The zero-order valence-corrected chi connectivity index (χ0v) is 13.9. The van der Waals surface area contributed by atoms with Gasteiger partial charge in [0.15, 0.2) is 0 Å². The first-order chi connectivity index (χ1) is 11.4. The first kappa shape index (κ1) is 20.0. The topological polar surface area (TPSA) is 124 Å². The summed E-state index contributed by atoms with van der Waals surface area (Å²) in [5, 5.41) is 26.6. The number of hydroxylamine groups is 1. The molecule has 1 atom stereocenters. The number of nitrogens with one attached hydrogen (secondary N) is 1. The molecule has 0 spiro atoms. The van der Waals surface area contributed by atoms with E-state index in [1.165, 1.54) is 23.9 Å². The van der Waals surface area contributed by atoms with Crippen LogP contribution in [0.2, 0.25) is 0 Å². The van der Waals surface area contributed by atoms with E-state index < -0.39 is 23.8 Å². The molecule has 0 fully saturated rings. The summed E-state index contributed by atoms with van der Waals surface area (Å²) in [5.74, 6) is -2.09. The van der Waals surface area contributed by atoms with Crippen LogP contribution in [0.1, 0.15) is 35.2 Å². The number of amides is 1.